The highest BCUT2D eigenvalue weighted by Gasteiger charge is 2.39. The molecule has 72 valence electrons. The summed E-state index contributed by atoms with van der Waals surface area (Å²) in [4.78, 5) is 2.40. The van der Waals surface area contributed by atoms with E-state index >= 15 is 0 Å². The van der Waals surface area contributed by atoms with Gasteiger partial charge in [-0.3, -0.25) is 4.90 Å². The highest BCUT2D eigenvalue weighted by atomic mass is 15.2. The monoisotopic (exact) mass is 178 g/mol. The fourth-order valence-corrected chi connectivity index (χ4v) is 2.16. The van der Waals surface area contributed by atoms with E-state index in [9.17, 15) is 0 Å². The molecule has 1 unspecified atom stereocenters. The van der Waals surface area contributed by atoms with Crippen molar-refractivity contribution in [1.29, 1.82) is 5.26 Å². The number of likely N-dealkylation sites (tertiary alicyclic amines) is 1. The fraction of sp³-hybridized carbons (Fsp3) is 0.727. The van der Waals surface area contributed by atoms with E-state index in [1.165, 1.54) is 0 Å². The molecule has 0 aromatic heterocycles. The standard InChI is InChI=1S/C11H18N2/c1-4-8-13-9-6-10(5-7-12)11(13,2)3/h4,10H,1,5-6,8-9H2,2-3H3. The van der Waals surface area contributed by atoms with Gasteiger partial charge in [-0.05, 0) is 32.7 Å². The third-order valence-corrected chi connectivity index (χ3v) is 3.25. The predicted molar refractivity (Wildman–Crippen MR) is 54.2 cm³/mol. The Bertz CT molecular complexity index is 225. The van der Waals surface area contributed by atoms with Crippen LogP contribution in [0.1, 0.15) is 26.7 Å². The summed E-state index contributed by atoms with van der Waals surface area (Å²) in [6.07, 6.45) is 3.77. The molecule has 0 amide bonds. The van der Waals surface area contributed by atoms with E-state index in [4.69, 9.17) is 5.26 Å². The molecule has 0 aromatic carbocycles. The first-order chi connectivity index (χ1) is 6.12. The van der Waals surface area contributed by atoms with Crippen molar-refractivity contribution in [2.45, 2.75) is 32.2 Å². The Balaban J connectivity index is 2.65. The van der Waals surface area contributed by atoms with Gasteiger partial charge in [-0.15, -0.1) is 6.58 Å². The van der Waals surface area contributed by atoms with Gasteiger partial charge in [-0.25, -0.2) is 0 Å². The highest BCUT2D eigenvalue weighted by molar-refractivity contribution is 5.00. The Labute approximate surface area is 80.8 Å². The van der Waals surface area contributed by atoms with E-state index in [0.717, 1.165) is 19.5 Å². The molecular formula is C11H18N2. The summed E-state index contributed by atoms with van der Waals surface area (Å²) < 4.78 is 0. The van der Waals surface area contributed by atoms with Crippen molar-refractivity contribution in [3.05, 3.63) is 12.7 Å². The number of hydrogen-bond donors (Lipinski definition) is 0. The zero-order valence-corrected chi connectivity index (χ0v) is 8.58. The van der Waals surface area contributed by atoms with Crippen LogP contribution in [-0.2, 0) is 0 Å². The maximum atomic E-state index is 8.69. The Morgan fingerprint density at radius 2 is 2.38 bits per heavy atom. The minimum absolute atomic E-state index is 0.171. The summed E-state index contributed by atoms with van der Waals surface area (Å²) in [5, 5.41) is 8.69. The molecule has 1 saturated heterocycles. The molecule has 1 aliphatic rings. The molecular weight excluding hydrogens is 160 g/mol. The van der Waals surface area contributed by atoms with Gasteiger partial charge in [0.2, 0.25) is 0 Å². The minimum Gasteiger partial charge on any atom is -0.294 e. The van der Waals surface area contributed by atoms with Gasteiger partial charge in [0.1, 0.15) is 0 Å². The van der Waals surface area contributed by atoms with Crippen LogP contribution in [-0.4, -0.2) is 23.5 Å². The first-order valence-corrected chi connectivity index (χ1v) is 4.85. The van der Waals surface area contributed by atoms with Crippen molar-refractivity contribution in [3.8, 4) is 6.07 Å². The molecule has 0 radical (unpaired) electrons. The van der Waals surface area contributed by atoms with Crippen molar-refractivity contribution < 1.29 is 0 Å². The third kappa shape index (κ3) is 1.92. The molecule has 2 heteroatoms. The summed E-state index contributed by atoms with van der Waals surface area (Å²) in [7, 11) is 0. The van der Waals surface area contributed by atoms with E-state index in [1.54, 1.807) is 0 Å². The van der Waals surface area contributed by atoms with Crippen LogP contribution in [0.4, 0.5) is 0 Å². The van der Waals surface area contributed by atoms with Gasteiger partial charge in [0.15, 0.2) is 0 Å². The maximum Gasteiger partial charge on any atom is 0.0625 e. The van der Waals surface area contributed by atoms with Gasteiger partial charge in [0, 0.05) is 18.5 Å². The van der Waals surface area contributed by atoms with E-state index in [0.29, 0.717) is 12.3 Å². The second-order valence-electron chi connectivity index (χ2n) is 4.24. The fourth-order valence-electron chi connectivity index (χ4n) is 2.16. The average Bonchev–Trinajstić information content (AvgIpc) is 2.33. The van der Waals surface area contributed by atoms with Gasteiger partial charge in [-0.2, -0.15) is 5.26 Å². The van der Waals surface area contributed by atoms with Crippen LogP contribution in [0, 0.1) is 17.2 Å². The van der Waals surface area contributed by atoms with Crippen LogP contribution < -0.4 is 0 Å². The summed E-state index contributed by atoms with van der Waals surface area (Å²) in [6.45, 7) is 10.3. The van der Waals surface area contributed by atoms with Gasteiger partial charge in [0.05, 0.1) is 6.07 Å². The van der Waals surface area contributed by atoms with E-state index in [1.807, 2.05) is 6.08 Å². The second-order valence-corrected chi connectivity index (χ2v) is 4.24. The van der Waals surface area contributed by atoms with Crippen molar-refractivity contribution in [3.63, 3.8) is 0 Å². The Morgan fingerprint density at radius 3 is 2.92 bits per heavy atom. The molecule has 2 nitrogen and oxygen atoms in total. The van der Waals surface area contributed by atoms with Crippen molar-refractivity contribution in [2.24, 2.45) is 5.92 Å². The van der Waals surface area contributed by atoms with Crippen LogP contribution in [0.25, 0.3) is 0 Å². The molecule has 0 aliphatic carbocycles. The summed E-state index contributed by atoms with van der Waals surface area (Å²) in [5.74, 6) is 0.525. The zero-order chi connectivity index (χ0) is 9.90. The molecule has 0 bridgehead atoms. The molecule has 0 spiro atoms. The molecule has 0 saturated carbocycles. The smallest absolute Gasteiger partial charge is 0.0625 e. The topological polar surface area (TPSA) is 27.0 Å². The molecule has 0 N–H and O–H groups in total. The van der Waals surface area contributed by atoms with Gasteiger partial charge >= 0.3 is 0 Å². The van der Waals surface area contributed by atoms with E-state index in [2.05, 4.69) is 31.4 Å². The highest BCUT2D eigenvalue weighted by Crippen LogP contribution is 2.35. The number of rotatable bonds is 3. The lowest BCUT2D eigenvalue weighted by Gasteiger charge is -2.34. The summed E-state index contributed by atoms with van der Waals surface area (Å²) in [6, 6.07) is 2.28. The average molecular weight is 178 g/mol. The molecule has 1 fully saturated rings. The normalized spacial score (nSPS) is 27.0. The molecule has 13 heavy (non-hydrogen) atoms. The van der Waals surface area contributed by atoms with Gasteiger partial charge in [0.25, 0.3) is 0 Å². The SMILES string of the molecule is C=CCN1CCC(CC#N)C1(C)C. The first-order valence-electron chi connectivity index (χ1n) is 4.85. The summed E-state index contributed by atoms with van der Waals surface area (Å²) in [5.41, 5.74) is 0.171. The first kappa shape index (κ1) is 10.3. The molecule has 0 aromatic rings. The van der Waals surface area contributed by atoms with Crippen LogP contribution in [0.5, 0.6) is 0 Å². The molecule has 1 atom stereocenters. The molecule has 1 heterocycles. The lowest BCUT2D eigenvalue weighted by atomic mass is 9.86. The molecule has 1 rings (SSSR count). The van der Waals surface area contributed by atoms with E-state index < -0.39 is 0 Å². The Morgan fingerprint density at radius 1 is 1.69 bits per heavy atom. The van der Waals surface area contributed by atoms with Crippen LogP contribution in [0.3, 0.4) is 0 Å². The van der Waals surface area contributed by atoms with Crippen molar-refractivity contribution >= 4 is 0 Å². The lowest BCUT2D eigenvalue weighted by Crippen LogP contribution is -2.42. The predicted octanol–water partition coefficient (Wildman–Crippen LogP) is 2.19. The van der Waals surface area contributed by atoms with Gasteiger partial charge < -0.3 is 0 Å². The maximum absolute atomic E-state index is 8.69. The van der Waals surface area contributed by atoms with Crippen molar-refractivity contribution in [1.82, 2.24) is 4.90 Å². The lowest BCUT2D eigenvalue weighted by molar-refractivity contribution is 0.155. The molecule has 1 aliphatic heterocycles. The quantitative estimate of drug-likeness (QED) is 0.619. The van der Waals surface area contributed by atoms with Crippen molar-refractivity contribution in [2.75, 3.05) is 13.1 Å². The Hall–Kier alpha value is -0.810. The van der Waals surface area contributed by atoms with Gasteiger partial charge in [-0.1, -0.05) is 6.08 Å². The summed E-state index contributed by atoms with van der Waals surface area (Å²) >= 11 is 0. The number of nitrogens with zero attached hydrogens (tertiary/aromatic N) is 2. The largest absolute Gasteiger partial charge is 0.294 e. The van der Waals surface area contributed by atoms with Crippen LogP contribution in [0.15, 0.2) is 12.7 Å². The minimum atomic E-state index is 0.171. The second kappa shape index (κ2) is 3.93. The van der Waals surface area contributed by atoms with Crippen LogP contribution >= 0.6 is 0 Å². The Kier molecular flexibility index (Phi) is 3.11. The third-order valence-electron chi connectivity index (χ3n) is 3.25. The van der Waals surface area contributed by atoms with Crippen LogP contribution in [0.2, 0.25) is 0 Å². The zero-order valence-electron chi connectivity index (χ0n) is 8.58. The van der Waals surface area contributed by atoms with E-state index in [-0.39, 0.29) is 5.54 Å². The number of hydrogen-bond acceptors (Lipinski definition) is 2. The number of nitriles is 1.